The summed E-state index contributed by atoms with van der Waals surface area (Å²) in [5.74, 6) is 2.78. The van der Waals surface area contributed by atoms with Crippen molar-refractivity contribution in [2.75, 3.05) is 0 Å². The predicted molar refractivity (Wildman–Crippen MR) is 96.7 cm³/mol. The van der Waals surface area contributed by atoms with E-state index in [9.17, 15) is 4.79 Å². The molecule has 1 aromatic carbocycles. The fourth-order valence-electron chi connectivity index (χ4n) is 4.42. The summed E-state index contributed by atoms with van der Waals surface area (Å²) in [4.78, 5) is 17.1. The number of nitrogens with zero attached hydrogens (tertiary/aromatic N) is 6. The number of aryl methyl sites for hydroxylation is 4. The van der Waals surface area contributed by atoms with Crippen molar-refractivity contribution in [3.63, 3.8) is 0 Å². The first kappa shape index (κ1) is 15.5. The Morgan fingerprint density at radius 3 is 2.92 bits per heavy atom. The molecule has 1 unspecified atom stereocenters. The number of hydrogen-bond acceptors (Lipinski definition) is 4. The van der Waals surface area contributed by atoms with Gasteiger partial charge in [-0.1, -0.05) is 12.1 Å². The van der Waals surface area contributed by atoms with Crippen molar-refractivity contribution in [2.24, 2.45) is 7.05 Å². The smallest absolute Gasteiger partial charge is 0.278 e. The Morgan fingerprint density at radius 2 is 2.04 bits per heavy atom. The summed E-state index contributed by atoms with van der Waals surface area (Å²) < 4.78 is 5.24. The monoisotopic (exact) mass is 350 g/mol. The molecule has 7 heteroatoms. The summed E-state index contributed by atoms with van der Waals surface area (Å²) in [6.07, 6.45) is 5.17. The fourth-order valence-corrected chi connectivity index (χ4v) is 4.42. The molecule has 3 heterocycles. The largest absolute Gasteiger partial charge is 0.345 e. The molecule has 5 rings (SSSR count). The predicted octanol–water partition coefficient (Wildman–Crippen LogP) is 1.69. The molecular formula is C19H22N6O. The van der Waals surface area contributed by atoms with Crippen molar-refractivity contribution in [1.82, 2.24) is 29.1 Å². The van der Waals surface area contributed by atoms with Crippen LogP contribution in [-0.2, 0) is 32.9 Å². The molecule has 1 aliphatic carbocycles. The van der Waals surface area contributed by atoms with Gasteiger partial charge in [-0.05, 0) is 49.8 Å². The molecule has 0 saturated heterocycles. The van der Waals surface area contributed by atoms with Crippen molar-refractivity contribution in [1.29, 1.82) is 0 Å². The molecule has 1 atom stereocenters. The van der Waals surface area contributed by atoms with E-state index in [0.717, 1.165) is 48.8 Å². The highest BCUT2D eigenvalue weighted by molar-refractivity contribution is 5.48. The van der Waals surface area contributed by atoms with E-state index >= 15 is 0 Å². The lowest BCUT2D eigenvalue weighted by molar-refractivity contribution is 0.426. The molecule has 0 N–H and O–H groups in total. The number of benzene rings is 1. The topological polar surface area (TPSA) is 70.5 Å². The van der Waals surface area contributed by atoms with Crippen molar-refractivity contribution >= 4 is 0 Å². The zero-order valence-corrected chi connectivity index (χ0v) is 15.1. The van der Waals surface area contributed by atoms with Gasteiger partial charge in [0, 0.05) is 25.9 Å². The Balaban J connectivity index is 1.59. The summed E-state index contributed by atoms with van der Waals surface area (Å²) in [7, 11) is 1.71. The van der Waals surface area contributed by atoms with Crippen molar-refractivity contribution in [3.8, 4) is 5.69 Å². The van der Waals surface area contributed by atoms with Gasteiger partial charge in [0.1, 0.15) is 17.5 Å². The summed E-state index contributed by atoms with van der Waals surface area (Å²) >= 11 is 0. The highest BCUT2D eigenvalue weighted by Crippen LogP contribution is 2.32. The molecule has 7 nitrogen and oxygen atoms in total. The third kappa shape index (κ3) is 2.26. The average Bonchev–Trinajstić information content (AvgIpc) is 3.33. The Hall–Kier alpha value is -2.70. The minimum atomic E-state index is -0.0481. The van der Waals surface area contributed by atoms with Gasteiger partial charge in [-0.25, -0.2) is 19.1 Å². The first-order chi connectivity index (χ1) is 12.6. The van der Waals surface area contributed by atoms with Gasteiger partial charge < -0.3 is 0 Å². The molecule has 0 spiro atoms. The number of hydrogen-bond donors (Lipinski definition) is 0. The van der Waals surface area contributed by atoms with Crippen LogP contribution in [0.4, 0.5) is 0 Å². The van der Waals surface area contributed by atoms with Gasteiger partial charge in [0.25, 0.3) is 0 Å². The molecule has 0 amide bonds. The molecule has 2 aromatic heterocycles. The third-order valence-corrected chi connectivity index (χ3v) is 5.66. The second kappa shape index (κ2) is 5.65. The number of aromatic nitrogens is 6. The van der Waals surface area contributed by atoms with E-state index in [1.807, 2.05) is 11.6 Å². The summed E-state index contributed by atoms with van der Waals surface area (Å²) in [5.41, 5.74) is 3.93. The molecule has 3 aromatic rings. The first-order valence-corrected chi connectivity index (χ1v) is 9.29. The van der Waals surface area contributed by atoms with Gasteiger partial charge in [0.05, 0.1) is 5.69 Å². The van der Waals surface area contributed by atoms with E-state index in [1.54, 1.807) is 11.6 Å². The highest BCUT2D eigenvalue weighted by Gasteiger charge is 2.29. The number of rotatable bonds is 2. The van der Waals surface area contributed by atoms with Gasteiger partial charge in [-0.15, -0.1) is 0 Å². The van der Waals surface area contributed by atoms with Crippen LogP contribution in [0.25, 0.3) is 5.69 Å². The van der Waals surface area contributed by atoms with Crippen LogP contribution in [0, 0.1) is 6.92 Å². The normalized spacial score (nSPS) is 18.8. The SMILES string of the molecule is Cc1nc(C2CCc3nn(C)c(=O)n3C2)n(-c2cccc3c2CCC3)n1. The average molecular weight is 350 g/mol. The quantitative estimate of drug-likeness (QED) is 0.705. The minimum absolute atomic E-state index is 0.0481. The zero-order chi connectivity index (χ0) is 17.8. The first-order valence-electron chi connectivity index (χ1n) is 9.29. The molecule has 2 aliphatic rings. The van der Waals surface area contributed by atoms with Gasteiger partial charge in [-0.2, -0.15) is 10.2 Å². The molecule has 0 saturated carbocycles. The number of fused-ring (bicyclic) bond motifs is 2. The standard InChI is InChI=1S/C19H22N6O/c1-12-20-18(14-9-10-17-22-23(2)19(26)24(17)11-14)25(21-12)16-8-4-6-13-5-3-7-15(13)16/h4,6,8,14H,3,5,7,9-11H2,1-2H3. The Bertz CT molecular complexity index is 1060. The molecule has 0 radical (unpaired) electrons. The molecule has 0 bridgehead atoms. The van der Waals surface area contributed by atoms with E-state index in [0.29, 0.717) is 6.54 Å². The lowest BCUT2D eigenvalue weighted by atomic mass is 9.98. The van der Waals surface area contributed by atoms with Gasteiger partial charge >= 0.3 is 5.69 Å². The molecule has 134 valence electrons. The molecule has 0 fully saturated rings. The van der Waals surface area contributed by atoms with E-state index in [1.165, 1.54) is 22.2 Å². The van der Waals surface area contributed by atoms with Crippen molar-refractivity contribution < 1.29 is 0 Å². The molecule has 26 heavy (non-hydrogen) atoms. The summed E-state index contributed by atoms with van der Waals surface area (Å²) in [6.45, 7) is 2.56. The van der Waals surface area contributed by atoms with Crippen molar-refractivity contribution in [2.45, 2.75) is 51.5 Å². The van der Waals surface area contributed by atoms with Crippen LogP contribution >= 0.6 is 0 Å². The van der Waals surface area contributed by atoms with E-state index < -0.39 is 0 Å². The van der Waals surface area contributed by atoms with Crippen LogP contribution in [0.5, 0.6) is 0 Å². The summed E-state index contributed by atoms with van der Waals surface area (Å²) in [6, 6.07) is 6.48. The highest BCUT2D eigenvalue weighted by atomic mass is 16.2. The maximum absolute atomic E-state index is 12.3. The van der Waals surface area contributed by atoms with E-state index in [-0.39, 0.29) is 11.6 Å². The fraction of sp³-hybridized carbons (Fsp3) is 0.474. The third-order valence-electron chi connectivity index (χ3n) is 5.66. The molecule has 1 aliphatic heterocycles. The zero-order valence-electron chi connectivity index (χ0n) is 15.1. The van der Waals surface area contributed by atoms with Crippen LogP contribution < -0.4 is 5.69 Å². The van der Waals surface area contributed by atoms with E-state index in [4.69, 9.17) is 10.1 Å². The van der Waals surface area contributed by atoms with Gasteiger partial charge in [0.15, 0.2) is 0 Å². The second-order valence-corrected chi connectivity index (χ2v) is 7.37. The van der Waals surface area contributed by atoms with Crippen LogP contribution in [0.1, 0.15) is 47.4 Å². The lowest BCUT2D eigenvalue weighted by Crippen LogP contribution is -2.30. The van der Waals surface area contributed by atoms with Crippen LogP contribution in [0.3, 0.4) is 0 Å². The molecular weight excluding hydrogens is 328 g/mol. The maximum atomic E-state index is 12.3. The Labute approximate surface area is 151 Å². The lowest BCUT2D eigenvalue weighted by Gasteiger charge is -2.22. The Morgan fingerprint density at radius 1 is 1.15 bits per heavy atom. The second-order valence-electron chi connectivity index (χ2n) is 7.37. The van der Waals surface area contributed by atoms with Gasteiger partial charge in [-0.3, -0.25) is 4.57 Å². The van der Waals surface area contributed by atoms with Crippen LogP contribution in [0.15, 0.2) is 23.0 Å². The summed E-state index contributed by atoms with van der Waals surface area (Å²) in [5, 5.41) is 9.05. The van der Waals surface area contributed by atoms with E-state index in [2.05, 4.69) is 23.3 Å². The van der Waals surface area contributed by atoms with Crippen LogP contribution in [0.2, 0.25) is 0 Å². The van der Waals surface area contributed by atoms with Crippen LogP contribution in [-0.4, -0.2) is 29.1 Å². The van der Waals surface area contributed by atoms with Gasteiger partial charge in [0.2, 0.25) is 0 Å². The van der Waals surface area contributed by atoms with Crippen molar-refractivity contribution in [3.05, 3.63) is 57.3 Å². The Kier molecular flexibility index (Phi) is 3.38. The minimum Gasteiger partial charge on any atom is -0.278 e. The maximum Gasteiger partial charge on any atom is 0.345 e.